The van der Waals surface area contributed by atoms with Crippen molar-refractivity contribution in [1.29, 1.82) is 0 Å². The highest BCUT2D eigenvalue weighted by molar-refractivity contribution is 8.17. The summed E-state index contributed by atoms with van der Waals surface area (Å²) in [6, 6.07) is 8.54. The van der Waals surface area contributed by atoms with Gasteiger partial charge in [0.15, 0.2) is 8.32 Å². The predicted octanol–water partition coefficient (Wildman–Crippen LogP) is 7.66. The first-order valence-electron chi connectivity index (χ1n) is 9.56. The molecular formula is C23H28ClNOSSi. The number of benzene rings is 1. The molecule has 0 saturated heterocycles. The first kappa shape index (κ1) is 21.4. The van der Waals surface area contributed by atoms with Gasteiger partial charge in [-0.25, -0.2) is 4.99 Å². The molecule has 1 aliphatic heterocycles. The van der Waals surface area contributed by atoms with Crippen molar-refractivity contribution in [2.45, 2.75) is 51.9 Å². The van der Waals surface area contributed by atoms with Gasteiger partial charge in [0.05, 0.1) is 6.61 Å². The van der Waals surface area contributed by atoms with Crippen LogP contribution < -0.4 is 0 Å². The topological polar surface area (TPSA) is 21.6 Å². The maximum absolute atomic E-state index is 6.35. The van der Waals surface area contributed by atoms with Crippen molar-refractivity contribution in [1.82, 2.24) is 0 Å². The Morgan fingerprint density at radius 1 is 1.21 bits per heavy atom. The molecule has 0 atom stereocenters. The van der Waals surface area contributed by atoms with Gasteiger partial charge in [-0.3, -0.25) is 0 Å². The van der Waals surface area contributed by atoms with E-state index in [9.17, 15) is 0 Å². The number of aliphatic imine (C=N–C) groups is 1. The van der Waals surface area contributed by atoms with E-state index in [1.165, 1.54) is 16.0 Å². The molecule has 1 heterocycles. The molecule has 0 amide bonds. The van der Waals surface area contributed by atoms with Crippen LogP contribution in [0.5, 0.6) is 0 Å². The molecule has 0 N–H and O–H groups in total. The van der Waals surface area contributed by atoms with Crippen LogP contribution in [0.3, 0.4) is 0 Å². The van der Waals surface area contributed by atoms with Crippen molar-refractivity contribution in [3.05, 3.63) is 75.3 Å². The van der Waals surface area contributed by atoms with E-state index in [0.29, 0.717) is 6.61 Å². The summed E-state index contributed by atoms with van der Waals surface area (Å²) in [6.45, 7) is 12.1. The fourth-order valence-electron chi connectivity index (χ4n) is 2.60. The second kappa shape index (κ2) is 8.58. The largest absolute Gasteiger partial charge is 0.413 e. The third-order valence-electron chi connectivity index (χ3n) is 5.43. The zero-order chi connectivity index (χ0) is 20.4. The van der Waals surface area contributed by atoms with Gasteiger partial charge in [-0.2, -0.15) is 0 Å². The first-order valence-corrected chi connectivity index (χ1v) is 13.7. The average Bonchev–Trinajstić information content (AvgIpc) is 2.64. The molecule has 148 valence electrons. The number of halogens is 1. The number of thioether (sulfide) groups is 1. The van der Waals surface area contributed by atoms with Gasteiger partial charge >= 0.3 is 0 Å². The van der Waals surface area contributed by atoms with Crippen LogP contribution in [0.25, 0.3) is 6.08 Å². The van der Waals surface area contributed by atoms with Crippen molar-refractivity contribution in [3.8, 4) is 0 Å². The molecule has 0 aromatic heterocycles. The maximum atomic E-state index is 6.35. The van der Waals surface area contributed by atoms with Crippen molar-refractivity contribution >= 4 is 42.8 Å². The van der Waals surface area contributed by atoms with Crippen LogP contribution in [0, 0.1) is 0 Å². The summed E-state index contributed by atoms with van der Waals surface area (Å²) in [4.78, 5) is 5.80. The fourth-order valence-corrected chi connectivity index (χ4v) is 4.63. The second-order valence-electron chi connectivity index (χ2n) is 8.67. The van der Waals surface area contributed by atoms with Crippen molar-refractivity contribution < 1.29 is 4.43 Å². The van der Waals surface area contributed by atoms with E-state index in [-0.39, 0.29) is 5.04 Å². The first-order chi connectivity index (χ1) is 13.1. The number of rotatable bonds is 5. The molecule has 0 unspecified atom stereocenters. The number of hydrogen-bond donors (Lipinski definition) is 0. The minimum atomic E-state index is -1.74. The Morgan fingerprint density at radius 3 is 2.75 bits per heavy atom. The van der Waals surface area contributed by atoms with Crippen LogP contribution in [0.1, 0.15) is 38.3 Å². The molecule has 0 fully saturated rings. The lowest BCUT2D eigenvalue weighted by Gasteiger charge is -2.36. The van der Waals surface area contributed by atoms with Gasteiger partial charge in [-0.1, -0.05) is 68.4 Å². The summed E-state index contributed by atoms with van der Waals surface area (Å²) < 4.78 is 6.35. The molecule has 1 aliphatic carbocycles. The molecule has 0 saturated carbocycles. The van der Waals surface area contributed by atoms with Gasteiger partial charge in [0.1, 0.15) is 5.04 Å². The van der Waals surface area contributed by atoms with E-state index in [2.05, 4.69) is 81.4 Å². The van der Waals surface area contributed by atoms with Crippen LogP contribution in [0.2, 0.25) is 18.1 Å². The molecule has 28 heavy (non-hydrogen) atoms. The summed E-state index contributed by atoms with van der Waals surface area (Å²) in [5, 5.41) is 2.08. The Kier molecular flexibility index (Phi) is 6.55. The van der Waals surface area contributed by atoms with E-state index in [1.807, 2.05) is 12.3 Å². The minimum Gasteiger partial charge on any atom is -0.413 e. The van der Waals surface area contributed by atoms with Gasteiger partial charge in [0.25, 0.3) is 0 Å². The van der Waals surface area contributed by atoms with Gasteiger partial charge in [-0.15, -0.1) is 0 Å². The third kappa shape index (κ3) is 5.38. The number of fused-ring (bicyclic) bond motifs is 1. The molecule has 3 rings (SSSR count). The van der Waals surface area contributed by atoms with Gasteiger partial charge in [0.2, 0.25) is 0 Å². The standard InChI is InChI=1S/C23H28ClNOSSi/c1-23(2,3)28(4,5)26-16-18-8-6-7-17(13-18)9-12-22-25-15-19-14-20(24)10-11-21(19)27-22/h6-13,15H,14,16H2,1-5H3/b12-9+. The Morgan fingerprint density at radius 2 is 2.00 bits per heavy atom. The smallest absolute Gasteiger partial charge is 0.192 e. The van der Waals surface area contributed by atoms with E-state index >= 15 is 0 Å². The van der Waals surface area contributed by atoms with E-state index in [1.54, 1.807) is 11.8 Å². The summed E-state index contributed by atoms with van der Waals surface area (Å²) in [5.41, 5.74) is 3.57. The zero-order valence-electron chi connectivity index (χ0n) is 17.3. The highest BCUT2D eigenvalue weighted by atomic mass is 35.5. The van der Waals surface area contributed by atoms with E-state index in [4.69, 9.17) is 16.0 Å². The Labute approximate surface area is 179 Å². The van der Waals surface area contributed by atoms with Crippen molar-refractivity contribution in [2.24, 2.45) is 4.99 Å². The summed E-state index contributed by atoms with van der Waals surface area (Å²) in [7, 11) is -1.74. The van der Waals surface area contributed by atoms with Gasteiger partial charge in [0, 0.05) is 22.6 Å². The highest BCUT2D eigenvalue weighted by Gasteiger charge is 2.36. The summed E-state index contributed by atoms with van der Waals surface area (Å²) in [6.07, 6.45) is 10.9. The van der Waals surface area contributed by atoms with Crippen molar-refractivity contribution in [3.63, 3.8) is 0 Å². The highest BCUT2D eigenvalue weighted by Crippen LogP contribution is 2.38. The normalized spacial score (nSPS) is 17.6. The van der Waals surface area contributed by atoms with E-state index in [0.717, 1.165) is 22.1 Å². The second-order valence-corrected chi connectivity index (χ2v) is 15.0. The number of allylic oxidation sites excluding steroid dienone is 4. The molecule has 0 spiro atoms. The molecule has 1 aromatic rings. The lowest BCUT2D eigenvalue weighted by Crippen LogP contribution is -2.40. The monoisotopic (exact) mass is 429 g/mol. The number of nitrogens with zero attached hydrogens (tertiary/aromatic N) is 1. The minimum absolute atomic E-state index is 0.223. The average molecular weight is 430 g/mol. The SMILES string of the molecule is CC(C)(C)[Si](C)(C)OCc1cccc(/C=C/C2=NC=C3CC(Cl)=CC=C3S2)c1. The summed E-state index contributed by atoms with van der Waals surface area (Å²) in [5.74, 6) is 0. The van der Waals surface area contributed by atoms with Crippen LogP contribution in [0.4, 0.5) is 0 Å². The van der Waals surface area contributed by atoms with Crippen LogP contribution in [-0.2, 0) is 11.0 Å². The third-order valence-corrected chi connectivity index (χ3v) is 11.2. The van der Waals surface area contributed by atoms with E-state index < -0.39 is 8.32 Å². The quantitative estimate of drug-likeness (QED) is 0.448. The molecule has 1 aromatic carbocycles. The van der Waals surface area contributed by atoms with Crippen LogP contribution in [0.15, 0.2) is 69.2 Å². The van der Waals surface area contributed by atoms with Crippen LogP contribution >= 0.6 is 23.4 Å². The summed E-state index contributed by atoms with van der Waals surface area (Å²) >= 11 is 7.79. The molecule has 0 bridgehead atoms. The Hall–Kier alpha value is -1.33. The van der Waals surface area contributed by atoms with Gasteiger partial charge < -0.3 is 4.43 Å². The fraction of sp³-hybridized carbons (Fsp3) is 0.348. The lowest BCUT2D eigenvalue weighted by atomic mass is 10.1. The predicted molar refractivity (Wildman–Crippen MR) is 127 cm³/mol. The van der Waals surface area contributed by atoms with Crippen LogP contribution in [-0.4, -0.2) is 13.4 Å². The molecule has 5 heteroatoms. The molecular weight excluding hydrogens is 402 g/mol. The molecule has 0 radical (unpaired) electrons. The maximum Gasteiger partial charge on any atom is 0.192 e. The Bertz CT molecular complexity index is 903. The van der Waals surface area contributed by atoms with Crippen molar-refractivity contribution in [2.75, 3.05) is 0 Å². The number of hydrogen-bond acceptors (Lipinski definition) is 3. The zero-order valence-corrected chi connectivity index (χ0v) is 19.8. The Balaban J connectivity index is 1.65. The lowest BCUT2D eigenvalue weighted by molar-refractivity contribution is 0.276. The van der Waals surface area contributed by atoms with Gasteiger partial charge in [-0.05, 0) is 59.1 Å². The molecule has 2 aliphatic rings. The molecule has 2 nitrogen and oxygen atoms in total.